The Kier molecular flexibility index (Phi) is 4.84. The summed E-state index contributed by atoms with van der Waals surface area (Å²) >= 11 is 0. The summed E-state index contributed by atoms with van der Waals surface area (Å²) in [4.78, 5) is 0. The van der Waals surface area contributed by atoms with Gasteiger partial charge in [0.1, 0.15) is 5.76 Å². The molecule has 75 valence electrons. The van der Waals surface area contributed by atoms with E-state index >= 15 is 0 Å². The van der Waals surface area contributed by atoms with Crippen molar-refractivity contribution in [3.8, 4) is 0 Å². The molecule has 1 heteroatoms. The van der Waals surface area contributed by atoms with E-state index in [0.717, 1.165) is 24.2 Å². The second kappa shape index (κ2) is 6.25. The van der Waals surface area contributed by atoms with Crippen molar-refractivity contribution in [1.82, 2.24) is 0 Å². The van der Waals surface area contributed by atoms with Gasteiger partial charge in [0.15, 0.2) is 0 Å². The van der Waals surface area contributed by atoms with E-state index in [9.17, 15) is 0 Å². The molecule has 0 atom stereocenters. The Hall–Kier alpha value is -1.24. The van der Waals surface area contributed by atoms with Crippen molar-refractivity contribution in [2.45, 2.75) is 19.8 Å². The van der Waals surface area contributed by atoms with Crippen LogP contribution in [0.25, 0.3) is 5.76 Å². The second-order valence-corrected chi connectivity index (χ2v) is 3.01. The first-order chi connectivity index (χ1) is 6.88. The van der Waals surface area contributed by atoms with Gasteiger partial charge in [-0.3, -0.25) is 0 Å². The standard InChI is InChI=1S/C13H17O/c1-3-5-11-13(14-4-2)12-9-7-6-8-10-12/h6-11H,1,3-5H2,2H3. The third kappa shape index (κ3) is 3.25. The molecule has 0 heterocycles. The summed E-state index contributed by atoms with van der Waals surface area (Å²) < 4.78 is 5.56. The number of benzene rings is 1. The first-order valence-electron chi connectivity index (χ1n) is 5.06. The Morgan fingerprint density at radius 3 is 2.64 bits per heavy atom. The van der Waals surface area contributed by atoms with Gasteiger partial charge in [-0.05, 0) is 25.8 Å². The number of ether oxygens (including phenoxy) is 1. The third-order valence-corrected chi connectivity index (χ3v) is 1.89. The molecular weight excluding hydrogens is 172 g/mol. The lowest BCUT2D eigenvalue weighted by Crippen LogP contribution is -1.91. The van der Waals surface area contributed by atoms with Gasteiger partial charge < -0.3 is 4.74 Å². The molecule has 0 aliphatic rings. The van der Waals surface area contributed by atoms with Crippen molar-refractivity contribution in [2.75, 3.05) is 6.61 Å². The first kappa shape index (κ1) is 10.8. The van der Waals surface area contributed by atoms with Crippen LogP contribution >= 0.6 is 0 Å². The Morgan fingerprint density at radius 2 is 2.07 bits per heavy atom. The van der Waals surface area contributed by atoms with Crippen LogP contribution in [0.15, 0.2) is 36.4 Å². The molecule has 1 aromatic carbocycles. The van der Waals surface area contributed by atoms with Gasteiger partial charge in [0, 0.05) is 5.56 Å². The molecule has 1 nitrogen and oxygen atoms in total. The smallest absolute Gasteiger partial charge is 0.122 e. The molecule has 0 fully saturated rings. The zero-order valence-electron chi connectivity index (χ0n) is 8.70. The van der Waals surface area contributed by atoms with Gasteiger partial charge in [0.2, 0.25) is 0 Å². The monoisotopic (exact) mass is 189 g/mol. The van der Waals surface area contributed by atoms with Crippen LogP contribution in [0.2, 0.25) is 0 Å². The highest BCUT2D eigenvalue weighted by molar-refractivity contribution is 5.59. The lowest BCUT2D eigenvalue weighted by Gasteiger charge is -2.08. The summed E-state index contributed by atoms with van der Waals surface area (Å²) in [5.74, 6) is 0.969. The summed E-state index contributed by atoms with van der Waals surface area (Å²) in [5.41, 5.74) is 1.14. The molecule has 0 unspecified atom stereocenters. The molecule has 1 aromatic rings. The zero-order valence-corrected chi connectivity index (χ0v) is 8.70. The van der Waals surface area contributed by atoms with Crippen molar-refractivity contribution in [2.24, 2.45) is 0 Å². The van der Waals surface area contributed by atoms with Crippen LogP contribution in [0.3, 0.4) is 0 Å². The number of rotatable bonds is 5. The van der Waals surface area contributed by atoms with E-state index in [1.807, 2.05) is 25.1 Å². The highest BCUT2D eigenvalue weighted by Crippen LogP contribution is 2.16. The van der Waals surface area contributed by atoms with Crippen LogP contribution in [-0.2, 0) is 4.74 Å². The highest BCUT2D eigenvalue weighted by Gasteiger charge is 1.99. The molecular formula is C13H17O. The Morgan fingerprint density at radius 1 is 1.36 bits per heavy atom. The molecule has 0 N–H and O–H groups in total. The van der Waals surface area contributed by atoms with Gasteiger partial charge >= 0.3 is 0 Å². The number of hydrogen-bond acceptors (Lipinski definition) is 1. The molecule has 0 amide bonds. The normalized spacial score (nSPS) is 11.4. The molecule has 14 heavy (non-hydrogen) atoms. The van der Waals surface area contributed by atoms with E-state index in [4.69, 9.17) is 4.74 Å². The van der Waals surface area contributed by atoms with E-state index in [1.54, 1.807) is 0 Å². The number of hydrogen-bond donors (Lipinski definition) is 0. The molecule has 0 aliphatic carbocycles. The van der Waals surface area contributed by atoms with Gasteiger partial charge in [-0.15, -0.1) is 0 Å². The zero-order chi connectivity index (χ0) is 10.2. The number of allylic oxidation sites excluding steroid dienone is 1. The van der Waals surface area contributed by atoms with Crippen molar-refractivity contribution in [1.29, 1.82) is 0 Å². The maximum Gasteiger partial charge on any atom is 0.122 e. The highest BCUT2D eigenvalue weighted by atomic mass is 16.5. The molecule has 0 spiro atoms. The Labute approximate surface area is 86.4 Å². The molecule has 1 radical (unpaired) electrons. The van der Waals surface area contributed by atoms with Crippen molar-refractivity contribution < 1.29 is 4.74 Å². The van der Waals surface area contributed by atoms with E-state index in [-0.39, 0.29) is 0 Å². The van der Waals surface area contributed by atoms with Gasteiger partial charge in [0.05, 0.1) is 6.61 Å². The van der Waals surface area contributed by atoms with Gasteiger partial charge in [-0.2, -0.15) is 0 Å². The molecule has 0 aromatic heterocycles. The molecule has 0 saturated carbocycles. The van der Waals surface area contributed by atoms with Crippen molar-refractivity contribution in [3.05, 3.63) is 48.9 Å². The minimum Gasteiger partial charge on any atom is -0.494 e. The SMILES string of the molecule is [CH2]CCC=C(OCC)c1ccccc1. The molecule has 0 saturated heterocycles. The average Bonchev–Trinajstić information content (AvgIpc) is 2.25. The summed E-state index contributed by atoms with van der Waals surface area (Å²) in [6.07, 6.45) is 3.97. The summed E-state index contributed by atoms with van der Waals surface area (Å²) in [5, 5.41) is 0. The van der Waals surface area contributed by atoms with Gasteiger partial charge in [-0.25, -0.2) is 0 Å². The molecule has 1 rings (SSSR count). The van der Waals surface area contributed by atoms with E-state index < -0.39 is 0 Å². The lowest BCUT2D eigenvalue weighted by atomic mass is 10.1. The predicted octanol–water partition coefficient (Wildman–Crippen LogP) is 3.68. The third-order valence-electron chi connectivity index (χ3n) is 1.89. The van der Waals surface area contributed by atoms with E-state index in [2.05, 4.69) is 25.1 Å². The van der Waals surface area contributed by atoms with Crippen LogP contribution in [0.5, 0.6) is 0 Å². The Balaban J connectivity index is 2.77. The topological polar surface area (TPSA) is 9.23 Å². The second-order valence-electron chi connectivity index (χ2n) is 3.01. The minimum absolute atomic E-state index is 0.706. The predicted molar refractivity (Wildman–Crippen MR) is 60.6 cm³/mol. The number of unbranched alkanes of at least 4 members (excludes halogenated alkanes) is 1. The van der Waals surface area contributed by atoms with Gasteiger partial charge in [-0.1, -0.05) is 37.3 Å². The minimum atomic E-state index is 0.706. The van der Waals surface area contributed by atoms with Crippen molar-refractivity contribution in [3.63, 3.8) is 0 Å². The quantitative estimate of drug-likeness (QED) is 0.642. The largest absolute Gasteiger partial charge is 0.494 e. The van der Waals surface area contributed by atoms with Crippen LogP contribution < -0.4 is 0 Å². The summed E-state index contributed by atoms with van der Waals surface area (Å²) in [7, 11) is 0. The fourth-order valence-corrected chi connectivity index (χ4v) is 1.25. The van der Waals surface area contributed by atoms with Crippen LogP contribution in [0, 0.1) is 6.92 Å². The fraction of sp³-hybridized carbons (Fsp3) is 0.308. The van der Waals surface area contributed by atoms with Crippen molar-refractivity contribution >= 4 is 5.76 Å². The van der Waals surface area contributed by atoms with Gasteiger partial charge in [0.25, 0.3) is 0 Å². The summed E-state index contributed by atoms with van der Waals surface area (Å²) in [6, 6.07) is 10.2. The Bertz CT molecular complexity index is 275. The summed E-state index contributed by atoms with van der Waals surface area (Å²) in [6.45, 7) is 6.52. The lowest BCUT2D eigenvalue weighted by molar-refractivity contribution is 0.297. The van der Waals surface area contributed by atoms with Crippen LogP contribution in [0.4, 0.5) is 0 Å². The fourth-order valence-electron chi connectivity index (χ4n) is 1.25. The molecule has 0 aliphatic heterocycles. The molecule has 0 bridgehead atoms. The maximum atomic E-state index is 5.56. The van der Waals surface area contributed by atoms with E-state index in [1.165, 1.54) is 0 Å². The maximum absolute atomic E-state index is 5.56. The van der Waals surface area contributed by atoms with Crippen LogP contribution in [0.1, 0.15) is 25.3 Å². The average molecular weight is 189 g/mol. The van der Waals surface area contributed by atoms with Crippen LogP contribution in [-0.4, -0.2) is 6.61 Å². The first-order valence-corrected chi connectivity index (χ1v) is 5.06. The van der Waals surface area contributed by atoms with E-state index in [0.29, 0.717) is 6.61 Å².